The molecule has 0 aliphatic rings. The minimum Gasteiger partial charge on any atom is -0.361 e. The highest BCUT2D eigenvalue weighted by Gasteiger charge is 1.99. The Hall–Kier alpha value is -2.43. The third kappa shape index (κ3) is 1.58. The average molecular weight is 211 g/mol. The van der Waals surface area contributed by atoms with E-state index in [0.29, 0.717) is 5.82 Å². The number of nitrogens with one attached hydrogen (secondary N) is 2. The van der Waals surface area contributed by atoms with Crippen LogP contribution in [0.1, 0.15) is 0 Å². The van der Waals surface area contributed by atoms with E-state index in [2.05, 4.69) is 25.3 Å². The van der Waals surface area contributed by atoms with E-state index in [4.69, 9.17) is 0 Å². The zero-order chi connectivity index (χ0) is 10.8. The fourth-order valence-electron chi connectivity index (χ4n) is 1.51. The molecule has 2 N–H and O–H groups in total. The summed E-state index contributed by atoms with van der Waals surface area (Å²) in [6.45, 7) is 0. The Morgan fingerprint density at radius 1 is 1.06 bits per heavy atom. The van der Waals surface area contributed by atoms with Crippen LogP contribution < -0.4 is 5.32 Å². The van der Waals surface area contributed by atoms with E-state index < -0.39 is 0 Å². The third-order valence-corrected chi connectivity index (χ3v) is 2.26. The van der Waals surface area contributed by atoms with Gasteiger partial charge in [0.2, 0.25) is 0 Å². The van der Waals surface area contributed by atoms with Crippen molar-refractivity contribution in [1.82, 2.24) is 19.9 Å². The number of aromatic amines is 1. The molecular formula is C11H9N5. The molecule has 0 aliphatic carbocycles. The maximum absolute atomic E-state index is 4.28. The van der Waals surface area contributed by atoms with Gasteiger partial charge in [0.15, 0.2) is 0 Å². The van der Waals surface area contributed by atoms with Crippen LogP contribution in [0.3, 0.4) is 0 Å². The highest BCUT2D eigenvalue weighted by atomic mass is 15.1. The number of pyridine rings is 1. The van der Waals surface area contributed by atoms with Crippen LogP contribution in [0.25, 0.3) is 10.9 Å². The second-order valence-corrected chi connectivity index (χ2v) is 3.35. The summed E-state index contributed by atoms with van der Waals surface area (Å²) in [5.41, 5.74) is 1.04. The Bertz CT molecular complexity index is 602. The summed E-state index contributed by atoms with van der Waals surface area (Å²) in [6, 6.07) is 3.92. The largest absolute Gasteiger partial charge is 0.361 e. The molecule has 0 unspecified atom stereocenters. The molecule has 3 rings (SSSR count). The third-order valence-electron chi connectivity index (χ3n) is 2.26. The van der Waals surface area contributed by atoms with Crippen molar-refractivity contribution in [2.45, 2.75) is 0 Å². The van der Waals surface area contributed by atoms with Gasteiger partial charge in [0.25, 0.3) is 0 Å². The lowest BCUT2D eigenvalue weighted by molar-refractivity contribution is 1.18. The van der Waals surface area contributed by atoms with Crippen molar-refractivity contribution in [2.24, 2.45) is 0 Å². The predicted molar refractivity (Wildman–Crippen MR) is 61.4 cm³/mol. The summed E-state index contributed by atoms with van der Waals surface area (Å²) in [4.78, 5) is 15.5. The molecular weight excluding hydrogens is 202 g/mol. The van der Waals surface area contributed by atoms with Gasteiger partial charge in [-0.05, 0) is 6.07 Å². The summed E-state index contributed by atoms with van der Waals surface area (Å²) >= 11 is 0. The molecule has 78 valence electrons. The summed E-state index contributed by atoms with van der Waals surface area (Å²) in [6.07, 6.45) is 8.62. The molecule has 5 nitrogen and oxygen atoms in total. The standard InChI is InChI=1S/C11H9N5/c1-2-13-9-5-10(15-6-8(1)9)16-11-7-12-3-4-14-11/h1-7,13H,(H,14,15,16). The monoisotopic (exact) mass is 211 g/mol. The van der Waals surface area contributed by atoms with Crippen molar-refractivity contribution >= 4 is 22.5 Å². The number of fused-ring (bicyclic) bond motifs is 1. The number of nitrogens with zero attached hydrogens (tertiary/aromatic N) is 3. The molecule has 0 atom stereocenters. The minimum atomic E-state index is 0.681. The quantitative estimate of drug-likeness (QED) is 0.681. The van der Waals surface area contributed by atoms with Crippen LogP contribution in [0.5, 0.6) is 0 Å². The maximum Gasteiger partial charge on any atom is 0.150 e. The smallest absolute Gasteiger partial charge is 0.150 e. The summed E-state index contributed by atoms with van der Waals surface area (Å²) in [5.74, 6) is 1.43. The predicted octanol–water partition coefficient (Wildman–Crippen LogP) is 2.10. The second kappa shape index (κ2) is 3.62. The Morgan fingerprint density at radius 3 is 2.94 bits per heavy atom. The zero-order valence-electron chi connectivity index (χ0n) is 8.38. The van der Waals surface area contributed by atoms with Gasteiger partial charge in [-0.15, -0.1) is 0 Å². The first-order valence-corrected chi connectivity index (χ1v) is 4.88. The Kier molecular flexibility index (Phi) is 2.00. The first-order chi connectivity index (χ1) is 7.92. The molecule has 0 aliphatic heterocycles. The fraction of sp³-hybridized carbons (Fsp3) is 0. The second-order valence-electron chi connectivity index (χ2n) is 3.35. The van der Waals surface area contributed by atoms with Crippen molar-refractivity contribution in [3.8, 4) is 0 Å². The van der Waals surface area contributed by atoms with Gasteiger partial charge in [0.1, 0.15) is 11.6 Å². The van der Waals surface area contributed by atoms with Crippen LogP contribution >= 0.6 is 0 Å². The van der Waals surface area contributed by atoms with Crippen LogP contribution in [0.2, 0.25) is 0 Å². The lowest BCUT2D eigenvalue weighted by atomic mass is 10.3. The van der Waals surface area contributed by atoms with Gasteiger partial charge in [-0.2, -0.15) is 0 Å². The fourth-order valence-corrected chi connectivity index (χ4v) is 1.51. The molecule has 0 bridgehead atoms. The molecule has 5 heteroatoms. The van der Waals surface area contributed by atoms with E-state index in [1.807, 2.05) is 24.5 Å². The Balaban J connectivity index is 1.94. The number of anilines is 2. The van der Waals surface area contributed by atoms with Crippen molar-refractivity contribution in [3.63, 3.8) is 0 Å². The zero-order valence-corrected chi connectivity index (χ0v) is 8.38. The van der Waals surface area contributed by atoms with Crippen LogP contribution in [0.15, 0.2) is 43.1 Å². The number of H-pyrrole nitrogens is 1. The molecule has 0 fully saturated rings. The van der Waals surface area contributed by atoms with Crippen LogP contribution in [0, 0.1) is 0 Å². The first kappa shape index (κ1) is 8.84. The van der Waals surface area contributed by atoms with Gasteiger partial charge in [0.05, 0.1) is 11.7 Å². The SMILES string of the molecule is c1cnc(Nc2cc3[nH]ccc3cn2)cn1. The van der Waals surface area contributed by atoms with E-state index >= 15 is 0 Å². The minimum absolute atomic E-state index is 0.681. The summed E-state index contributed by atoms with van der Waals surface area (Å²) in [7, 11) is 0. The van der Waals surface area contributed by atoms with Gasteiger partial charge < -0.3 is 10.3 Å². The van der Waals surface area contributed by atoms with Crippen LogP contribution in [-0.4, -0.2) is 19.9 Å². The summed E-state index contributed by atoms with van der Waals surface area (Å²) < 4.78 is 0. The van der Waals surface area contributed by atoms with Gasteiger partial charge in [-0.1, -0.05) is 0 Å². The first-order valence-electron chi connectivity index (χ1n) is 4.88. The highest BCUT2D eigenvalue weighted by molar-refractivity contribution is 5.81. The van der Waals surface area contributed by atoms with Crippen molar-refractivity contribution in [2.75, 3.05) is 5.32 Å². The molecule has 0 aromatic carbocycles. The highest BCUT2D eigenvalue weighted by Crippen LogP contribution is 2.16. The van der Waals surface area contributed by atoms with E-state index in [-0.39, 0.29) is 0 Å². The molecule has 3 aromatic heterocycles. The van der Waals surface area contributed by atoms with Gasteiger partial charge in [-0.3, -0.25) is 4.98 Å². The van der Waals surface area contributed by atoms with E-state index in [1.54, 1.807) is 18.6 Å². The normalized spacial score (nSPS) is 10.5. The molecule has 0 radical (unpaired) electrons. The van der Waals surface area contributed by atoms with E-state index in [0.717, 1.165) is 16.7 Å². The summed E-state index contributed by atoms with van der Waals surface area (Å²) in [5, 5.41) is 4.17. The van der Waals surface area contributed by atoms with Crippen LogP contribution in [-0.2, 0) is 0 Å². The number of hydrogen-bond acceptors (Lipinski definition) is 4. The van der Waals surface area contributed by atoms with Gasteiger partial charge in [-0.25, -0.2) is 9.97 Å². The van der Waals surface area contributed by atoms with Gasteiger partial charge >= 0.3 is 0 Å². The molecule has 0 saturated carbocycles. The van der Waals surface area contributed by atoms with E-state index in [1.165, 1.54) is 0 Å². The average Bonchev–Trinajstić information content (AvgIpc) is 2.77. The number of rotatable bonds is 2. The lowest BCUT2D eigenvalue weighted by Crippen LogP contribution is -1.95. The molecule has 0 amide bonds. The van der Waals surface area contributed by atoms with Gasteiger partial charge in [0, 0.05) is 36.2 Å². The topological polar surface area (TPSA) is 66.5 Å². The molecule has 0 spiro atoms. The molecule has 3 aromatic rings. The maximum atomic E-state index is 4.28. The number of aromatic nitrogens is 4. The Labute approximate surface area is 91.6 Å². The Morgan fingerprint density at radius 2 is 2.06 bits per heavy atom. The number of hydrogen-bond donors (Lipinski definition) is 2. The van der Waals surface area contributed by atoms with Crippen molar-refractivity contribution in [1.29, 1.82) is 0 Å². The lowest BCUT2D eigenvalue weighted by Gasteiger charge is -2.03. The van der Waals surface area contributed by atoms with Crippen molar-refractivity contribution < 1.29 is 0 Å². The van der Waals surface area contributed by atoms with E-state index in [9.17, 15) is 0 Å². The molecule has 0 saturated heterocycles. The van der Waals surface area contributed by atoms with Crippen molar-refractivity contribution in [3.05, 3.63) is 43.1 Å². The molecule has 3 heterocycles. The van der Waals surface area contributed by atoms with Crippen LogP contribution in [0.4, 0.5) is 11.6 Å². The molecule has 16 heavy (non-hydrogen) atoms.